The van der Waals surface area contributed by atoms with Crippen LogP contribution in [0, 0.1) is 0 Å². The van der Waals surface area contributed by atoms with Gasteiger partial charge in [-0.05, 0) is 72.4 Å². The van der Waals surface area contributed by atoms with Gasteiger partial charge in [-0.3, -0.25) is 9.36 Å². The normalized spacial score (nSPS) is 14.3. The first-order chi connectivity index (χ1) is 24.3. The Balaban J connectivity index is 1.39. The molecule has 0 saturated heterocycles. The Hall–Kier alpha value is -5.54. The first-order valence-corrected chi connectivity index (χ1v) is 17.5. The standard InChI is InChI=1S/C41H38N2O6S/c1-5-47-39(45)32-17-15-27(16-18-32)25-49-33-14-10-11-28(23-33)24-34-38(44)43-37(31-21-19-29(20-22-31)26(3)4)35(40(46)48-6-2)36(42-41(43)50-34)30-12-8-7-9-13-30/h7-24,26,37H,5-6,25H2,1-4H3/b34-24-/t37-/m1/s1. The molecule has 0 N–H and O–H groups in total. The van der Waals surface area contributed by atoms with E-state index in [0.29, 0.717) is 51.0 Å². The summed E-state index contributed by atoms with van der Waals surface area (Å²) in [5, 5.41) is 0. The predicted molar refractivity (Wildman–Crippen MR) is 195 cm³/mol. The quantitative estimate of drug-likeness (QED) is 0.142. The maximum Gasteiger partial charge on any atom is 0.338 e. The van der Waals surface area contributed by atoms with Gasteiger partial charge in [0.2, 0.25) is 0 Å². The van der Waals surface area contributed by atoms with Crippen molar-refractivity contribution in [3.8, 4) is 5.75 Å². The van der Waals surface area contributed by atoms with Gasteiger partial charge in [0.1, 0.15) is 12.4 Å². The monoisotopic (exact) mass is 686 g/mol. The second-order valence-electron chi connectivity index (χ2n) is 12.0. The van der Waals surface area contributed by atoms with Crippen molar-refractivity contribution in [2.75, 3.05) is 13.2 Å². The number of rotatable bonds is 11. The summed E-state index contributed by atoms with van der Waals surface area (Å²) in [4.78, 5) is 45.5. The fourth-order valence-corrected chi connectivity index (χ4v) is 6.78. The lowest BCUT2D eigenvalue weighted by Gasteiger charge is -2.26. The molecule has 0 bridgehead atoms. The second kappa shape index (κ2) is 15.3. The molecule has 0 amide bonds. The van der Waals surface area contributed by atoms with Crippen molar-refractivity contribution in [2.24, 2.45) is 4.99 Å². The molecule has 1 atom stereocenters. The third-order valence-electron chi connectivity index (χ3n) is 8.32. The summed E-state index contributed by atoms with van der Waals surface area (Å²) in [6.07, 6.45) is 1.82. The van der Waals surface area contributed by atoms with E-state index in [9.17, 15) is 14.4 Å². The molecule has 0 fully saturated rings. The zero-order valence-corrected chi connectivity index (χ0v) is 29.2. The number of aromatic nitrogens is 1. The second-order valence-corrected chi connectivity index (χ2v) is 13.0. The molecular weight excluding hydrogens is 649 g/mol. The van der Waals surface area contributed by atoms with E-state index >= 15 is 0 Å². The first-order valence-electron chi connectivity index (χ1n) is 16.6. The Labute approximate surface area is 294 Å². The molecule has 1 aliphatic heterocycles. The highest BCUT2D eigenvalue weighted by atomic mass is 32.1. The third kappa shape index (κ3) is 7.38. The SMILES string of the molecule is CCOC(=O)C1=C(c2ccccc2)N=c2s/c(=C\c3cccc(OCc4ccc(C(=O)OCC)cc4)c3)c(=O)n2[C@@H]1c1ccc(C(C)C)cc1. The number of hydrogen-bond acceptors (Lipinski definition) is 8. The maximum absolute atomic E-state index is 14.3. The van der Waals surface area contributed by atoms with Crippen LogP contribution in [-0.2, 0) is 20.9 Å². The van der Waals surface area contributed by atoms with Crippen molar-refractivity contribution < 1.29 is 23.8 Å². The van der Waals surface area contributed by atoms with Crippen LogP contribution < -0.4 is 19.6 Å². The number of benzene rings is 4. The van der Waals surface area contributed by atoms with Crippen molar-refractivity contribution in [2.45, 2.75) is 46.3 Å². The van der Waals surface area contributed by atoms with Gasteiger partial charge in [-0.1, -0.05) is 104 Å². The van der Waals surface area contributed by atoms with Crippen LogP contribution in [0.25, 0.3) is 11.8 Å². The molecule has 0 saturated carbocycles. The Bertz CT molecular complexity index is 2220. The molecule has 0 aliphatic carbocycles. The largest absolute Gasteiger partial charge is 0.489 e. The van der Waals surface area contributed by atoms with Crippen molar-refractivity contribution in [3.63, 3.8) is 0 Å². The zero-order chi connectivity index (χ0) is 35.2. The van der Waals surface area contributed by atoms with E-state index in [1.807, 2.05) is 97.1 Å². The van der Waals surface area contributed by atoms with Crippen LogP contribution in [0.3, 0.4) is 0 Å². The number of fused-ring (bicyclic) bond motifs is 1. The predicted octanol–water partition coefficient (Wildman–Crippen LogP) is 6.81. The average molecular weight is 687 g/mol. The molecule has 4 aromatic carbocycles. The Morgan fingerprint density at radius 1 is 0.860 bits per heavy atom. The molecule has 8 nitrogen and oxygen atoms in total. The molecule has 50 heavy (non-hydrogen) atoms. The molecule has 2 heterocycles. The summed E-state index contributed by atoms with van der Waals surface area (Å²) in [5.41, 5.74) is 5.41. The summed E-state index contributed by atoms with van der Waals surface area (Å²) in [5.74, 6) is 0.0760. The van der Waals surface area contributed by atoms with E-state index in [1.165, 1.54) is 11.3 Å². The number of thiazole rings is 1. The molecule has 0 spiro atoms. The third-order valence-corrected chi connectivity index (χ3v) is 9.30. The van der Waals surface area contributed by atoms with Crippen LogP contribution >= 0.6 is 11.3 Å². The number of ether oxygens (including phenoxy) is 3. The molecule has 9 heteroatoms. The smallest absolute Gasteiger partial charge is 0.338 e. The summed E-state index contributed by atoms with van der Waals surface area (Å²) in [6, 6.07) is 31.4. The van der Waals surface area contributed by atoms with Gasteiger partial charge in [0.15, 0.2) is 4.80 Å². The van der Waals surface area contributed by atoms with E-state index in [0.717, 1.165) is 27.8 Å². The molecule has 5 aromatic rings. The fraction of sp³-hybridized carbons (Fsp3) is 0.220. The van der Waals surface area contributed by atoms with Crippen molar-refractivity contribution in [1.29, 1.82) is 0 Å². The first kappa shape index (κ1) is 34.3. The lowest BCUT2D eigenvalue weighted by atomic mass is 9.91. The fourth-order valence-electron chi connectivity index (χ4n) is 5.78. The number of nitrogens with zero attached hydrogens (tertiary/aromatic N) is 2. The minimum atomic E-state index is -0.742. The van der Waals surface area contributed by atoms with E-state index in [2.05, 4.69) is 13.8 Å². The van der Waals surface area contributed by atoms with E-state index in [1.54, 1.807) is 30.5 Å². The summed E-state index contributed by atoms with van der Waals surface area (Å²) in [7, 11) is 0. The number of carbonyl (C=O) groups excluding carboxylic acids is 2. The van der Waals surface area contributed by atoms with Gasteiger partial charge in [0.05, 0.1) is 40.6 Å². The van der Waals surface area contributed by atoms with Crippen LogP contribution in [0.1, 0.15) is 77.8 Å². The van der Waals surface area contributed by atoms with Crippen LogP contribution in [0.5, 0.6) is 5.75 Å². The van der Waals surface area contributed by atoms with Crippen molar-refractivity contribution in [3.05, 3.63) is 162 Å². The Morgan fingerprint density at radius 2 is 1.56 bits per heavy atom. The molecule has 0 radical (unpaired) electrons. The van der Waals surface area contributed by atoms with Gasteiger partial charge in [0.25, 0.3) is 5.56 Å². The highest BCUT2D eigenvalue weighted by Crippen LogP contribution is 2.35. The molecule has 6 rings (SSSR count). The minimum absolute atomic E-state index is 0.186. The summed E-state index contributed by atoms with van der Waals surface area (Å²) in [6.45, 7) is 8.59. The highest BCUT2D eigenvalue weighted by Gasteiger charge is 2.35. The highest BCUT2D eigenvalue weighted by molar-refractivity contribution is 7.07. The Morgan fingerprint density at radius 3 is 2.24 bits per heavy atom. The minimum Gasteiger partial charge on any atom is -0.489 e. The van der Waals surface area contributed by atoms with Crippen molar-refractivity contribution in [1.82, 2.24) is 4.57 Å². The molecule has 0 unspecified atom stereocenters. The lowest BCUT2D eigenvalue weighted by Crippen LogP contribution is -2.40. The van der Waals surface area contributed by atoms with E-state index in [4.69, 9.17) is 19.2 Å². The maximum atomic E-state index is 14.3. The topological polar surface area (TPSA) is 96.2 Å². The van der Waals surface area contributed by atoms with Gasteiger partial charge in [-0.15, -0.1) is 0 Å². The van der Waals surface area contributed by atoms with Crippen LogP contribution in [0.4, 0.5) is 0 Å². The number of carbonyl (C=O) groups is 2. The van der Waals surface area contributed by atoms with Gasteiger partial charge in [-0.2, -0.15) is 0 Å². The van der Waals surface area contributed by atoms with Gasteiger partial charge in [-0.25, -0.2) is 14.6 Å². The summed E-state index contributed by atoms with van der Waals surface area (Å²) < 4.78 is 18.8. The van der Waals surface area contributed by atoms with Gasteiger partial charge >= 0.3 is 11.9 Å². The lowest BCUT2D eigenvalue weighted by molar-refractivity contribution is -0.138. The van der Waals surface area contributed by atoms with Crippen LogP contribution in [0.15, 0.2) is 118 Å². The summed E-state index contributed by atoms with van der Waals surface area (Å²) >= 11 is 1.28. The number of hydrogen-bond donors (Lipinski definition) is 0. The van der Waals surface area contributed by atoms with Crippen LogP contribution in [0.2, 0.25) is 0 Å². The average Bonchev–Trinajstić information content (AvgIpc) is 3.44. The van der Waals surface area contributed by atoms with Crippen molar-refractivity contribution >= 4 is 35.0 Å². The number of esters is 2. The van der Waals surface area contributed by atoms with Crippen LogP contribution in [-0.4, -0.2) is 29.7 Å². The zero-order valence-electron chi connectivity index (χ0n) is 28.4. The molecular formula is C41H38N2O6S. The Kier molecular flexibility index (Phi) is 10.5. The van der Waals surface area contributed by atoms with Gasteiger partial charge < -0.3 is 14.2 Å². The van der Waals surface area contributed by atoms with Gasteiger partial charge in [0, 0.05) is 5.56 Å². The van der Waals surface area contributed by atoms with E-state index in [-0.39, 0.29) is 18.1 Å². The van der Waals surface area contributed by atoms with E-state index < -0.39 is 12.0 Å². The molecule has 1 aliphatic rings. The molecule has 1 aromatic heterocycles. The molecule has 254 valence electrons.